The van der Waals surface area contributed by atoms with E-state index >= 15 is 0 Å². The summed E-state index contributed by atoms with van der Waals surface area (Å²) < 4.78 is 0.780. The van der Waals surface area contributed by atoms with E-state index in [2.05, 4.69) is 15.9 Å². The Morgan fingerprint density at radius 1 is 1.38 bits per heavy atom. The van der Waals surface area contributed by atoms with E-state index in [0.29, 0.717) is 5.69 Å². The SMILES string of the molecule is CCN(CC)c1c(Br)cc(C)cc1[N+](=O)[O-]. The molecule has 0 saturated heterocycles. The maximum absolute atomic E-state index is 11.0. The first-order valence-electron chi connectivity index (χ1n) is 5.20. The molecule has 1 aromatic carbocycles. The van der Waals surface area contributed by atoms with Gasteiger partial charge in [-0.25, -0.2) is 0 Å². The summed E-state index contributed by atoms with van der Waals surface area (Å²) in [6, 6.07) is 3.51. The summed E-state index contributed by atoms with van der Waals surface area (Å²) >= 11 is 3.40. The van der Waals surface area contributed by atoms with Gasteiger partial charge in [-0.05, 0) is 48.3 Å². The molecule has 1 rings (SSSR count). The van der Waals surface area contributed by atoms with E-state index in [1.54, 1.807) is 6.07 Å². The molecule has 4 nitrogen and oxygen atoms in total. The zero-order valence-electron chi connectivity index (χ0n) is 9.66. The fourth-order valence-electron chi connectivity index (χ4n) is 1.71. The van der Waals surface area contributed by atoms with Crippen molar-refractivity contribution in [2.75, 3.05) is 18.0 Å². The average Bonchev–Trinajstić information content (AvgIpc) is 2.21. The molecule has 16 heavy (non-hydrogen) atoms. The summed E-state index contributed by atoms with van der Waals surface area (Å²) in [6.45, 7) is 7.32. The second-order valence-electron chi connectivity index (χ2n) is 3.54. The fourth-order valence-corrected chi connectivity index (χ4v) is 2.52. The van der Waals surface area contributed by atoms with Gasteiger partial charge in [0.05, 0.1) is 4.92 Å². The highest BCUT2D eigenvalue weighted by Crippen LogP contribution is 2.36. The molecule has 88 valence electrons. The molecule has 0 radical (unpaired) electrons. The van der Waals surface area contributed by atoms with Crippen molar-refractivity contribution in [3.63, 3.8) is 0 Å². The Kier molecular flexibility index (Phi) is 4.29. The van der Waals surface area contributed by atoms with Crippen LogP contribution in [0.3, 0.4) is 0 Å². The highest BCUT2D eigenvalue weighted by molar-refractivity contribution is 9.10. The van der Waals surface area contributed by atoms with E-state index in [4.69, 9.17) is 0 Å². The van der Waals surface area contributed by atoms with Crippen molar-refractivity contribution in [1.29, 1.82) is 0 Å². The van der Waals surface area contributed by atoms with Crippen LogP contribution in [-0.4, -0.2) is 18.0 Å². The van der Waals surface area contributed by atoms with Crippen LogP contribution in [0.25, 0.3) is 0 Å². The zero-order chi connectivity index (χ0) is 12.3. The molecule has 0 N–H and O–H groups in total. The molecule has 0 aliphatic rings. The van der Waals surface area contributed by atoms with Crippen LogP contribution < -0.4 is 4.90 Å². The van der Waals surface area contributed by atoms with Gasteiger partial charge < -0.3 is 4.90 Å². The smallest absolute Gasteiger partial charge is 0.293 e. The third-order valence-electron chi connectivity index (χ3n) is 2.46. The maximum Gasteiger partial charge on any atom is 0.293 e. The molecule has 0 bridgehead atoms. The van der Waals surface area contributed by atoms with Crippen molar-refractivity contribution < 1.29 is 4.92 Å². The minimum atomic E-state index is -0.328. The molecule has 0 aromatic heterocycles. The first-order valence-corrected chi connectivity index (χ1v) is 6.00. The van der Waals surface area contributed by atoms with Crippen LogP contribution in [0.4, 0.5) is 11.4 Å². The summed E-state index contributed by atoms with van der Waals surface area (Å²) in [5.74, 6) is 0. The Labute approximate surface area is 104 Å². The van der Waals surface area contributed by atoms with Gasteiger partial charge in [-0.2, -0.15) is 0 Å². The monoisotopic (exact) mass is 286 g/mol. The van der Waals surface area contributed by atoms with Crippen molar-refractivity contribution in [3.8, 4) is 0 Å². The van der Waals surface area contributed by atoms with Gasteiger partial charge in [0.25, 0.3) is 5.69 Å². The zero-order valence-corrected chi connectivity index (χ0v) is 11.2. The van der Waals surface area contributed by atoms with Crippen LogP contribution in [0.2, 0.25) is 0 Å². The number of nitro benzene ring substituents is 1. The van der Waals surface area contributed by atoms with Crippen molar-refractivity contribution in [1.82, 2.24) is 0 Å². The lowest BCUT2D eigenvalue weighted by Gasteiger charge is -2.22. The Bertz CT molecular complexity index is 403. The number of rotatable bonds is 4. The van der Waals surface area contributed by atoms with E-state index < -0.39 is 0 Å². The predicted molar refractivity (Wildman–Crippen MR) is 69.1 cm³/mol. The van der Waals surface area contributed by atoms with Crippen LogP contribution >= 0.6 is 15.9 Å². The lowest BCUT2D eigenvalue weighted by Crippen LogP contribution is -2.23. The first kappa shape index (κ1) is 13.0. The van der Waals surface area contributed by atoms with Crippen molar-refractivity contribution in [2.24, 2.45) is 0 Å². The van der Waals surface area contributed by atoms with Crippen LogP contribution in [0.15, 0.2) is 16.6 Å². The Morgan fingerprint density at radius 2 is 1.94 bits per heavy atom. The van der Waals surface area contributed by atoms with Crippen molar-refractivity contribution in [3.05, 3.63) is 32.3 Å². The van der Waals surface area contributed by atoms with Crippen LogP contribution in [0, 0.1) is 17.0 Å². The first-order chi connectivity index (χ1) is 7.51. The van der Waals surface area contributed by atoms with Gasteiger partial charge in [-0.15, -0.1) is 0 Å². The summed E-state index contributed by atoms with van der Waals surface area (Å²) in [7, 11) is 0. The Morgan fingerprint density at radius 3 is 2.38 bits per heavy atom. The van der Waals surface area contributed by atoms with Crippen LogP contribution in [0.1, 0.15) is 19.4 Å². The summed E-state index contributed by atoms with van der Waals surface area (Å²) in [6.07, 6.45) is 0. The third-order valence-corrected chi connectivity index (χ3v) is 3.07. The molecule has 5 heteroatoms. The molecule has 0 aliphatic heterocycles. The standard InChI is InChI=1S/C11H15BrN2O2/c1-4-13(5-2)11-9(12)6-8(3)7-10(11)14(15)16/h6-7H,4-5H2,1-3H3. The number of hydrogen-bond donors (Lipinski definition) is 0. The third kappa shape index (κ3) is 2.52. The molecule has 0 spiro atoms. The molecule has 1 aromatic rings. The molecule has 0 fully saturated rings. The van der Waals surface area contributed by atoms with Crippen molar-refractivity contribution in [2.45, 2.75) is 20.8 Å². The quantitative estimate of drug-likeness (QED) is 0.629. The number of hydrogen-bond acceptors (Lipinski definition) is 3. The Hall–Kier alpha value is -1.10. The van der Waals surface area contributed by atoms with Crippen molar-refractivity contribution >= 4 is 27.3 Å². The van der Waals surface area contributed by atoms with Gasteiger partial charge in [0.2, 0.25) is 0 Å². The van der Waals surface area contributed by atoms with Crippen LogP contribution in [0.5, 0.6) is 0 Å². The van der Waals surface area contributed by atoms with E-state index in [1.807, 2.05) is 31.7 Å². The lowest BCUT2D eigenvalue weighted by atomic mass is 10.1. The van der Waals surface area contributed by atoms with Crippen LogP contribution in [-0.2, 0) is 0 Å². The maximum atomic E-state index is 11.0. The minimum absolute atomic E-state index is 0.163. The number of nitro groups is 1. The number of aryl methyl sites for hydroxylation is 1. The molecule has 0 aliphatic carbocycles. The predicted octanol–water partition coefficient (Wildman–Crippen LogP) is 3.51. The van der Waals surface area contributed by atoms with E-state index in [-0.39, 0.29) is 10.6 Å². The number of halogens is 1. The van der Waals surface area contributed by atoms with Gasteiger partial charge in [0, 0.05) is 23.6 Å². The van der Waals surface area contributed by atoms with E-state index in [1.165, 1.54) is 0 Å². The van der Waals surface area contributed by atoms with Gasteiger partial charge in [-0.3, -0.25) is 10.1 Å². The van der Waals surface area contributed by atoms with Gasteiger partial charge in [-0.1, -0.05) is 0 Å². The summed E-state index contributed by atoms with van der Waals surface area (Å²) in [4.78, 5) is 12.7. The highest BCUT2D eigenvalue weighted by atomic mass is 79.9. The number of benzene rings is 1. The fraction of sp³-hybridized carbons (Fsp3) is 0.455. The molecule has 0 atom stereocenters. The molecule has 0 unspecified atom stereocenters. The number of nitrogens with zero attached hydrogens (tertiary/aromatic N) is 2. The average molecular weight is 287 g/mol. The van der Waals surface area contributed by atoms with E-state index in [0.717, 1.165) is 23.1 Å². The van der Waals surface area contributed by atoms with Gasteiger partial charge in [0.15, 0.2) is 0 Å². The normalized spacial score (nSPS) is 10.2. The summed E-state index contributed by atoms with van der Waals surface area (Å²) in [5, 5.41) is 11.0. The molecular formula is C11H15BrN2O2. The van der Waals surface area contributed by atoms with Gasteiger partial charge >= 0.3 is 0 Å². The summed E-state index contributed by atoms with van der Waals surface area (Å²) in [5.41, 5.74) is 1.71. The topological polar surface area (TPSA) is 46.4 Å². The second-order valence-corrected chi connectivity index (χ2v) is 4.40. The van der Waals surface area contributed by atoms with Gasteiger partial charge in [0.1, 0.15) is 5.69 Å². The molecule has 0 amide bonds. The molecule has 0 saturated carbocycles. The van der Waals surface area contributed by atoms with E-state index in [9.17, 15) is 10.1 Å². The molecular weight excluding hydrogens is 272 g/mol. The largest absolute Gasteiger partial charge is 0.366 e. The molecule has 0 heterocycles. The number of anilines is 1. The highest BCUT2D eigenvalue weighted by Gasteiger charge is 2.21. The lowest BCUT2D eigenvalue weighted by molar-refractivity contribution is -0.384. The Balaban J connectivity index is 3.39. The minimum Gasteiger partial charge on any atom is -0.366 e. The second kappa shape index (κ2) is 5.30.